The maximum atomic E-state index is 5.24. The van der Waals surface area contributed by atoms with Gasteiger partial charge in [0.25, 0.3) is 0 Å². The lowest BCUT2D eigenvalue weighted by atomic mass is 10.1. The van der Waals surface area contributed by atoms with E-state index in [0.29, 0.717) is 12.0 Å². The van der Waals surface area contributed by atoms with Crippen molar-refractivity contribution in [3.05, 3.63) is 59.9 Å². The molecule has 1 aliphatic carbocycles. The molecule has 0 unspecified atom stereocenters. The number of methoxy groups -OCH3 is 1. The largest absolute Gasteiger partial charge is 0.497 e. The van der Waals surface area contributed by atoms with Crippen LogP contribution in [-0.2, 0) is 6.54 Å². The van der Waals surface area contributed by atoms with Gasteiger partial charge in [-0.25, -0.2) is 4.98 Å². The monoisotopic (exact) mass is 333 g/mol. The van der Waals surface area contributed by atoms with Gasteiger partial charge in [-0.15, -0.1) is 0 Å². The highest BCUT2D eigenvalue weighted by atomic mass is 16.5. The van der Waals surface area contributed by atoms with Crippen LogP contribution in [0.15, 0.2) is 48.5 Å². The molecule has 2 aromatic carbocycles. The molecule has 1 aliphatic heterocycles. The first-order chi connectivity index (χ1) is 12.3. The predicted molar refractivity (Wildman–Crippen MR) is 99.0 cm³/mol. The van der Waals surface area contributed by atoms with Crippen LogP contribution in [0.1, 0.15) is 36.2 Å². The first kappa shape index (κ1) is 15.0. The van der Waals surface area contributed by atoms with Crippen LogP contribution in [-0.4, -0.2) is 34.7 Å². The van der Waals surface area contributed by atoms with Crippen molar-refractivity contribution >= 4 is 11.0 Å². The van der Waals surface area contributed by atoms with E-state index in [1.54, 1.807) is 7.11 Å². The van der Waals surface area contributed by atoms with Gasteiger partial charge in [0.05, 0.1) is 24.2 Å². The van der Waals surface area contributed by atoms with E-state index < -0.39 is 0 Å². The van der Waals surface area contributed by atoms with Crippen molar-refractivity contribution in [3.8, 4) is 5.75 Å². The number of para-hydroxylation sites is 2. The molecule has 0 radical (unpaired) electrons. The maximum absolute atomic E-state index is 5.24. The van der Waals surface area contributed by atoms with Crippen molar-refractivity contribution < 1.29 is 4.74 Å². The summed E-state index contributed by atoms with van der Waals surface area (Å²) in [6, 6.07) is 17.6. The zero-order chi connectivity index (χ0) is 16.8. The number of fused-ring (bicyclic) bond motifs is 1. The number of nitrogens with zero attached hydrogens (tertiary/aromatic N) is 3. The van der Waals surface area contributed by atoms with Crippen molar-refractivity contribution in [2.45, 2.75) is 31.3 Å². The minimum Gasteiger partial charge on any atom is -0.497 e. The standard InChI is InChI=1S/C21H23N3O/c1-25-18-10-6-15(7-11-18)12-23-13-17(14-23)24-20-5-3-2-4-19(20)22-21(24)16-8-9-16/h2-7,10-11,16-17H,8-9,12-14H2,1H3. The molecule has 4 heteroatoms. The van der Waals surface area contributed by atoms with Crippen LogP contribution in [0, 0.1) is 0 Å². The zero-order valence-corrected chi connectivity index (χ0v) is 14.6. The molecule has 2 heterocycles. The first-order valence-corrected chi connectivity index (χ1v) is 9.14. The number of hydrogen-bond donors (Lipinski definition) is 0. The highest BCUT2D eigenvalue weighted by Crippen LogP contribution is 2.43. The lowest BCUT2D eigenvalue weighted by Gasteiger charge is -2.41. The van der Waals surface area contributed by atoms with Crippen molar-refractivity contribution in [2.75, 3.05) is 20.2 Å². The van der Waals surface area contributed by atoms with E-state index in [2.05, 4.69) is 45.9 Å². The van der Waals surface area contributed by atoms with E-state index in [-0.39, 0.29) is 0 Å². The Bertz CT molecular complexity index is 889. The first-order valence-electron chi connectivity index (χ1n) is 9.14. The molecule has 0 spiro atoms. The molecule has 128 valence electrons. The summed E-state index contributed by atoms with van der Waals surface area (Å²) in [4.78, 5) is 7.45. The number of likely N-dealkylation sites (tertiary alicyclic amines) is 1. The van der Waals surface area contributed by atoms with Gasteiger partial charge in [0.15, 0.2) is 0 Å². The quantitative estimate of drug-likeness (QED) is 0.707. The summed E-state index contributed by atoms with van der Waals surface area (Å²) in [5, 5.41) is 0. The van der Waals surface area contributed by atoms with Gasteiger partial charge in [-0.05, 0) is 42.7 Å². The molecule has 0 bridgehead atoms. The Balaban J connectivity index is 1.33. The molecule has 2 aliphatic rings. The molecule has 0 amide bonds. The van der Waals surface area contributed by atoms with Gasteiger partial charge in [0, 0.05) is 25.6 Å². The number of aromatic nitrogens is 2. The van der Waals surface area contributed by atoms with Crippen molar-refractivity contribution in [1.29, 1.82) is 0 Å². The van der Waals surface area contributed by atoms with Crippen molar-refractivity contribution in [2.24, 2.45) is 0 Å². The third-order valence-corrected chi connectivity index (χ3v) is 5.43. The minimum absolute atomic E-state index is 0.557. The van der Waals surface area contributed by atoms with E-state index in [9.17, 15) is 0 Å². The van der Waals surface area contributed by atoms with Gasteiger partial charge in [0.1, 0.15) is 11.6 Å². The highest BCUT2D eigenvalue weighted by molar-refractivity contribution is 5.76. The Hall–Kier alpha value is -2.33. The second-order valence-electron chi connectivity index (χ2n) is 7.30. The van der Waals surface area contributed by atoms with E-state index in [4.69, 9.17) is 9.72 Å². The summed E-state index contributed by atoms with van der Waals surface area (Å²) in [7, 11) is 1.71. The summed E-state index contributed by atoms with van der Waals surface area (Å²) in [5.74, 6) is 2.92. The number of ether oxygens (including phenoxy) is 1. The number of rotatable bonds is 5. The fourth-order valence-electron chi connectivity index (χ4n) is 3.90. The fourth-order valence-corrected chi connectivity index (χ4v) is 3.90. The topological polar surface area (TPSA) is 30.3 Å². The Morgan fingerprint density at radius 1 is 1.04 bits per heavy atom. The van der Waals surface area contributed by atoms with Crippen LogP contribution in [0.25, 0.3) is 11.0 Å². The number of imidazole rings is 1. The molecule has 1 saturated carbocycles. The van der Waals surface area contributed by atoms with E-state index >= 15 is 0 Å². The fraction of sp³-hybridized carbons (Fsp3) is 0.381. The van der Waals surface area contributed by atoms with Gasteiger partial charge >= 0.3 is 0 Å². The SMILES string of the molecule is COc1ccc(CN2CC(n3c(C4CC4)nc4ccccc43)C2)cc1. The summed E-state index contributed by atoms with van der Waals surface area (Å²) >= 11 is 0. The molecule has 1 saturated heterocycles. The molecular weight excluding hydrogens is 310 g/mol. The zero-order valence-electron chi connectivity index (χ0n) is 14.6. The second kappa shape index (κ2) is 5.88. The molecule has 5 rings (SSSR count). The second-order valence-corrected chi connectivity index (χ2v) is 7.30. The highest BCUT2D eigenvalue weighted by Gasteiger charge is 2.36. The Kier molecular flexibility index (Phi) is 3.52. The van der Waals surface area contributed by atoms with Gasteiger partial charge < -0.3 is 9.30 Å². The average Bonchev–Trinajstić information content (AvgIpc) is 3.39. The van der Waals surface area contributed by atoms with Gasteiger partial charge in [0.2, 0.25) is 0 Å². The van der Waals surface area contributed by atoms with Crippen LogP contribution >= 0.6 is 0 Å². The molecule has 0 atom stereocenters. The van der Waals surface area contributed by atoms with Crippen LogP contribution < -0.4 is 4.74 Å². The number of hydrogen-bond acceptors (Lipinski definition) is 3. The summed E-state index contributed by atoms with van der Waals surface area (Å²) in [5.41, 5.74) is 3.80. The van der Waals surface area contributed by atoms with E-state index in [1.165, 1.54) is 29.7 Å². The molecular formula is C21H23N3O. The van der Waals surface area contributed by atoms with E-state index in [1.807, 2.05) is 12.1 Å². The molecule has 25 heavy (non-hydrogen) atoms. The van der Waals surface area contributed by atoms with Gasteiger partial charge in [-0.3, -0.25) is 4.90 Å². The lowest BCUT2D eigenvalue weighted by molar-refractivity contribution is 0.0995. The van der Waals surface area contributed by atoms with E-state index in [0.717, 1.165) is 30.9 Å². The summed E-state index contributed by atoms with van der Waals surface area (Å²) in [6.07, 6.45) is 2.59. The normalized spacial score (nSPS) is 18.4. The molecule has 0 N–H and O–H groups in total. The van der Waals surface area contributed by atoms with Crippen LogP contribution in [0.4, 0.5) is 0 Å². The average molecular weight is 333 g/mol. The van der Waals surface area contributed by atoms with Crippen LogP contribution in [0.3, 0.4) is 0 Å². The summed E-state index contributed by atoms with van der Waals surface area (Å²) in [6.45, 7) is 3.21. The minimum atomic E-state index is 0.557. The predicted octanol–water partition coefficient (Wildman–Crippen LogP) is 3.98. The van der Waals surface area contributed by atoms with Crippen molar-refractivity contribution in [1.82, 2.24) is 14.5 Å². The third-order valence-electron chi connectivity index (χ3n) is 5.43. The summed E-state index contributed by atoms with van der Waals surface area (Å²) < 4.78 is 7.76. The molecule has 4 nitrogen and oxygen atoms in total. The smallest absolute Gasteiger partial charge is 0.118 e. The van der Waals surface area contributed by atoms with Crippen LogP contribution in [0.2, 0.25) is 0 Å². The Labute approximate surface area is 148 Å². The molecule has 3 aromatic rings. The molecule has 2 fully saturated rings. The van der Waals surface area contributed by atoms with Crippen LogP contribution in [0.5, 0.6) is 5.75 Å². The Morgan fingerprint density at radius 3 is 2.52 bits per heavy atom. The number of benzene rings is 2. The molecule has 1 aromatic heterocycles. The van der Waals surface area contributed by atoms with Gasteiger partial charge in [-0.1, -0.05) is 24.3 Å². The Morgan fingerprint density at radius 2 is 1.80 bits per heavy atom. The third kappa shape index (κ3) is 2.71. The lowest BCUT2D eigenvalue weighted by Crippen LogP contribution is -2.47. The van der Waals surface area contributed by atoms with Crippen molar-refractivity contribution in [3.63, 3.8) is 0 Å². The maximum Gasteiger partial charge on any atom is 0.118 e. The van der Waals surface area contributed by atoms with Gasteiger partial charge in [-0.2, -0.15) is 0 Å².